The molecule has 0 atom stereocenters. The van der Waals surface area contributed by atoms with Gasteiger partial charge in [0, 0.05) is 23.9 Å². The van der Waals surface area contributed by atoms with Crippen LogP contribution in [-0.2, 0) is 4.79 Å². The van der Waals surface area contributed by atoms with Crippen molar-refractivity contribution in [3.05, 3.63) is 48.3 Å². The van der Waals surface area contributed by atoms with Gasteiger partial charge in [0.1, 0.15) is 11.4 Å². The van der Waals surface area contributed by atoms with Crippen LogP contribution < -0.4 is 10.1 Å². The van der Waals surface area contributed by atoms with Gasteiger partial charge >= 0.3 is 0 Å². The number of pyridine rings is 1. The maximum absolute atomic E-state index is 12.1. The molecular formula is C22H27N3O2. The van der Waals surface area contributed by atoms with Crippen LogP contribution in [0.1, 0.15) is 44.7 Å². The van der Waals surface area contributed by atoms with Crippen LogP contribution in [0.4, 0.5) is 5.69 Å². The molecule has 0 aliphatic heterocycles. The van der Waals surface area contributed by atoms with Gasteiger partial charge in [-0.25, -0.2) is 4.98 Å². The summed E-state index contributed by atoms with van der Waals surface area (Å²) in [7, 11) is 1.66. The van der Waals surface area contributed by atoms with E-state index in [0.29, 0.717) is 6.42 Å². The zero-order chi connectivity index (χ0) is 19.2. The van der Waals surface area contributed by atoms with Crippen LogP contribution in [0.2, 0.25) is 0 Å². The van der Waals surface area contributed by atoms with E-state index in [1.165, 1.54) is 12.8 Å². The number of aryl methyl sites for hydroxylation is 1. The Labute approximate surface area is 160 Å². The summed E-state index contributed by atoms with van der Waals surface area (Å²) in [5, 5.41) is 3.00. The van der Waals surface area contributed by atoms with E-state index in [-0.39, 0.29) is 5.91 Å². The molecule has 0 fully saturated rings. The SMILES string of the molecule is CCCCCCC(=O)Nc1ccc2nc(-c3ccc(OC)cc3)c(C)n2c1. The van der Waals surface area contributed by atoms with Gasteiger partial charge in [-0.05, 0) is 49.7 Å². The van der Waals surface area contributed by atoms with Crippen LogP contribution in [0.25, 0.3) is 16.9 Å². The van der Waals surface area contributed by atoms with Gasteiger partial charge in [-0.2, -0.15) is 0 Å². The molecule has 0 radical (unpaired) electrons. The lowest BCUT2D eigenvalue weighted by atomic mass is 10.1. The maximum Gasteiger partial charge on any atom is 0.224 e. The van der Waals surface area contributed by atoms with Gasteiger partial charge in [-0.3, -0.25) is 4.79 Å². The van der Waals surface area contributed by atoms with Crippen molar-refractivity contribution in [1.29, 1.82) is 0 Å². The highest BCUT2D eigenvalue weighted by atomic mass is 16.5. The van der Waals surface area contributed by atoms with Crippen molar-refractivity contribution in [2.75, 3.05) is 12.4 Å². The molecular weight excluding hydrogens is 338 g/mol. The summed E-state index contributed by atoms with van der Waals surface area (Å²) in [6, 6.07) is 11.7. The number of imidazole rings is 1. The monoisotopic (exact) mass is 365 g/mol. The number of carbonyl (C=O) groups excluding carboxylic acids is 1. The molecule has 0 saturated carbocycles. The second-order valence-corrected chi connectivity index (χ2v) is 6.78. The number of benzene rings is 1. The first kappa shape index (κ1) is 19.0. The minimum Gasteiger partial charge on any atom is -0.497 e. The average Bonchev–Trinajstić information content (AvgIpc) is 3.02. The van der Waals surface area contributed by atoms with Gasteiger partial charge < -0.3 is 14.5 Å². The number of rotatable bonds is 8. The van der Waals surface area contributed by atoms with Gasteiger partial charge in [0.25, 0.3) is 0 Å². The molecule has 1 amide bonds. The lowest BCUT2D eigenvalue weighted by molar-refractivity contribution is -0.116. The van der Waals surface area contributed by atoms with E-state index < -0.39 is 0 Å². The first-order chi connectivity index (χ1) is 13.1. The molecule has 2 heterocycles. The average molecular weight is 365 g/mol. The number of hydrogen-bond donors (Lipinski definition) is 1. The summed E-state index contributed by atoms with van der Waals surface area (Å²) in [6.07, 6.45) is 6.91. The number of nitrogens with zero attached hydrogens (tertiary/aromatic N) is 2. The largest absolute Gasteiger partial charge is 0.497 e. The van der Waals surface area contributed by atoms with Gasteiger partial charge in [0.15, 0.2) is 0 Å². The zero-order valence-electron chi connectivity index (χ0n) is 16.3. The Morgan fingerprint density at radius 2 is 1.89 bits per heavy atom. The highest BCUT2D eigenvalue weighted by molar-refractivity contribution is 5.90. The van der Waals surface area contributed by atoms with Crippen LogP contribution in [0.5, 0.6) is 5.75 Å². The van der Waals surface area contributed by atoms with E-state index in [1.54, 1.807) is 7.11 Å². The standard InChI is InChI=1S/C22H27N3O2/c1-4-5-6-7-8-21(26)23-18-11-14-20-24-22(16(2)25(20)15-18)17-9-12-19(27-3)13-10-17/h9-15H,4-8H2,1-3H3,(H,23,26). The van der Waals surface area contributed by atoms with Crippen molar-refractivity contribution in [2.45, 2.75) is 46.0 Å². The topological polar surface area (TPSA) is 55.6 Å². The van der Waals surface area contributed by atoms with Crippen LogP contribution in [-0.4, -0.2) is 22.4 Å². The molecule has 3 aromatic rings. The first-order valence-electron chi connectivity index (χ1n) is 9.55. The maximum atomic E-state index is 12.1. The van der Waals surface area contributed by atoms with Crippen LogP contribution in [0.15, 0.2) is 42.6 Å². The molecule has 0 spiro atoms. The molecule has 1 aromatic carbocycles. The quantitative estimate of drug-likeness (QED) is 0.556. The minimum absolute atomic E-state index is 0.0681. The number of amides is 1. The normalized spacial score (nSPS) is 10.9. The lowest BCUT2D eigenvalue weighted by Crippen LogP contribution is -2.11. The van der Waals surface area contributed by atoms with Gasteiger partial charge in [0.05, 0.1) is 18.5 Å². The highest BCUT2D eigenvalue weighted by Gasteiger charge is 2.12. The van der Waals surface area contributed by atoms with E-state index in [4.69, 9.17) is 9.72 Å². The zero-order valence-corrected chi connectivity index (χ0v) is 16.3. The number of fused-ring (bicyclic) bond motifs is 1. The van der Waals surface area contributed by atoms with E-state index >= 15 is 0 Å². The van der Waals surface area contributed by atoms with Crippen molar-refractivity contribution < 1.29 is 9.53 Å². The molecule has 3 rings (SSSR count). The lowest BCUT2D eigenvalue weighted by Gasteiger charge is -2.06. The van der Waals surface area contributed by atoms with Crippen molar-refractivity contribution in [3.63, 3.8) is 0 Å². The predicted octanol–water partition coefficient (Wildman–Crippen LogP) is 5.23. The van der Waals surface area contributed by atoms with E-state index in [0.717, 1.165) is 46.9 Å². The highest BCUT2D eigenvalue weighted by Crippen LogP contribution is 2.26. The molecule has 142 valence electrons. The number of aromatic nitrogens is 2. The Balaban J connectivity index is 1.77. The first-order valence-corrected chi connectivity index (χ1v) is 9.55. The summed E-state index contributed by atoms with van der Waals surface area (Å²) >= 11 is 0. The smallest absolute Gasteiger partial charge is 0.224 e. The van der Waals surface area contributed by atoms with E-state index in [1.807, 2.05) is 53.9 Å². The predicted molar refractivity (Wildman–Crippen MR) is 109 cm³/mol. The fourth-order valence-electron chi connectivity index (χ4n) is 3.19. The second kappa shape index (κ2) is 8.71. The number of unbranched alkanes of at least 4 members (excludes halogenated alkanes) is 3. The number of anilines is 1. The van der Waals surface area contributed by atoms with E-state index in [2.05, 4.69) is 12.2 Å². The molecule has 5 nitrogen and oxygen atoms in total. The third-order valence-electron chi connectivity index (χ3n) is 4.76. The molecule has 2 aromatic heterocycles. The molecule has 1 N–H and O–H groups in total. The summed E-state index contributed by atoms with van der Waals surface area (Å²) < 4.78 is 7.24. The summed E-state index contributed by atoms with van der Waals surface area (Å²) in [5.74, 6) is 0.891. The van der Waals surface area contributed by atoms with Crippen molar-refractivity contribution in [2.24, 2.45) is 0 Å². The van der Waals surface area contributed by atoms with E-state index in [9.17, 15) is 4.79 Å². The van der Waals surface area contributed by atoms with Crippen LogP contribution in [0, 0.1) is 6.92 Å². The number of carbonyl (C=O) groups is 1. The summed E-state index contributed by atoms with van der Waals surface area (Å²) in [6.45, 7) is 4.21. The second-order valence-electron chi connectivity index (χ2n) is 6.78. The Morgan fingerprint density at radius 3 is 2.59 bits per heavy atom. The fourth-order valence-corrected chi connectivity index (χ4v) is 3.19. The number of ether oxygens (including phenoxy) is 1. The molecule has 0 unspecified atom stereocenters. The Bertz CT molecular complexity index is 913. The van der Waals surface area contributed by atoms with Crippen molar-refractivity contribution in [3.8, 4) is 17.0 Å². The van der Waals surface area contributed by atoms with Crippen LogP contribution >= 0.6 is 0 Å². The minimum atomic E-state index is 0.0681. The molecule has 0 aliphatic carbocycles. The Morgan fingerprint density at radius 1 is 1.11 bits per heavy atom. The third-order valence-corrected chi connectivity index (χ3v) is 4.76. The number of nitrogens with one attached hydrogen (secondary N) is 1. The van der Waals surface area contributed by atoms with Gasteiger partial charge in [-0.15, -0.1) is 0 Å². The summed E-state index contributed by atoms with van der Waals surface area (Å²) in [5.41, 5.74) is 4.66. The third kappa shape index (κ3) is 4.48. The molecule has 5 heteroatoms. The molecule has 0 saturated heterocycles. The molecule has 0 bridgehead atoms. The number of methoxy groups -OCH3 is 1. The molecule has 0 aliphatic rings. The Kier molecular flexibility index (Phi) is 6.12. The van der Waals surface area contributed by atoms with Gasteiger partial charge in [-0.1, -0.05) is 26.2 Å². The van der Waals surface area contributed by atoms with Crippen LogP contribution in [0.3, 0.4) is 0 Å². The molecule has 27 heavy (non-hydrogen) atoms. The van der Waals surface area contributed by atoms with Crippen molar-refractivity contribution >= 4 is 17.2 Å². The summed E-state index contributed by atoms with van der Waals surface area (Å²) in [4.78, 5) is 16.9. The van der Waals surface area contributed by atoms with Crippen molar-refractivity contribution in [1.82, 2.24) is 9.38 Å². The Hall–Kier alpha value is -2.82. The fraction of sp³-hybridized carbons (Fsp3) is 0.364. The van der Waals surface area contributed by atoms with Gasteiger partial charge in [0.2, 0.25) is 5.91 Å². The number of hydrogen-bond acceptors (Lipinski definition) is 3.